The molecule has 0 saturated carbocycles. The first-order chi connectivity index (χ1) is 13.3. The topological polar surface area (TPSA) is 78.1 Å². The Morgan fingerprint density at radius 1 is 0.852 bits per heavy atom. The minimum atomic E-state index is -0.0627. The van der Waals surface area contributed by atoms with Crippen LogP contribution in [0.5, 0.6) is 5.75 Å². The average Bonchev–Trinajstić information content (AvgIpc) is 2.70. The van der Waals surface area contributed by atoms with Crippen LogP contribution < -0.4 is 10.2 Å². The van der Waals surface area contributed by atoms with Crippen molar-refractivity contribution in [2.24, 2.45) is 0 Å². The summed E-state index contributed by atoms with van der Waals surface area (Å²) in [4.78, 5) is 12.2. The van der Waals surface area contributed by atoms with Crippen molar-refractivity contribution in [1.82, 2.24) is 0 Å². The van der Waals surface area contributed by atoms with E-state index in [-0.39, 0.29) is 12.0 Å². The molecule has 0 aliphatic heterocycles. The quantitative estimate of drug-likeness (QED) is 0.553. The zero-order chi connectivity index (χ0) is 18.9. The molecule has 0 atom stereocenters. The van der Waals surface area contributed by atoms with E-state index in [1.54, 1.807) is 12.1 Å². The van der Waals surface area contributed by atoms with E-state index in [0.717, 1.165) is 5.56 Å². The molecule has 6 heteroatoms. The molecule has 0 unspecified atom stereocenters. The van der Waals surface area contributed by atoms with Crippen LogP contribution in [0.3, 0.4) is 0 Å². The number of benzene rings is 2. The molecule has 2 aromatic carbocycles. The Balaban J connectivity index is 1.53. The molecule has 0 spiro atoms. The third kappa shape index (κ3) is 5.40. The van der Waals surface area contributed by atoms with Gasteiger partial charge >= 0.3 is 0 Å². The van der Waals surface area contributed by atoms with Gasteiger partial charge in [0.25, 0.3) is 0 Å². The predicted molar refractivity (Wildman–Crippen MR) is 102 cm³/mol. The molecule has 0 bridgehead atoms. The molecule has 1 heterocycles. The third-order valence-corrected chi connectivity index (χ3v) is 3.88. The van der Waals surface area contributed by atoms with Crippen molar-refractivity contribution in [2.75, 3.05) is 39.6 Å². The molecule has 142 valence electrons. The van der Waals surface area contributed by atoms with Gasteiger partial charge < -0.3 is 23.7 Å². The Bertz CT molecular complexity index is 900. The fraction of sp³-hybridized carbons (Fsp3) is 0.286. The van der Waals surface area contributed by atoms with E-state index in [0.29, 0.717) is 55.5 Å². The molecule has 1 aromatic heterocycles. The highest BCUT2D eigenvalue weighted by atomic mass is 16.5. The maximum absolute atomic E-state index is 12.2. The first kappa shape index (κ1) is 19.1. The summed E-state index contributed by atoms with van der Waals surface area (Å²) in [5, 5.41) is 9.15. The second-order valence-corrected chi connectivity index (χ2v) is 5.79. The van der Waals surface area contributed by atoms with E-state index in [9.17, 15) is 4.79 Å². The Hall–Kier alpha value is -2.67. The minimum Gasteiger partial charge on any atom is -0.491 e. The lowest BCUT2D eigenvalue weighted by Gasteiger charge is -2.08. The number of aliphatic hydroxyl groups excluding tert-OH is 1. The molecule has 27 heavy (non-hydrogen) atoms. The maximum atomic E-state index is 12.2. The van der Waals surface area contributed by atoms with Crippen molar-refractivity contribution >= 4 is 11.0 Å². The SMILES string of the molecule is O=c1cc(-c2ccc(OCCOCCOCCO)cc2)oc2ccccc12. The van der Waals surface area contributed by atoms with Gasteiger partial charge in [-0.25, -0.2) is 0 Å². The summed E-state index contributed by atoms with van der Waals surface area (Å²) >= 11 is 0. The normalized spacial score (nSPS) is 11.0. The molecule has 3 rings (SSSR count). The van der Waals surface area contributed by atoms with Crippen LogP contribution >= 0.6 is 0 Å². The molecule has 6 nitrogen and oxygen atoms in total. The molecule has 3 aromatic rings. The van der Waals surface area contributed by atoms with Crippen molar-refractivity contribution in [3.8, 4) is 17.1 Å². The van der Waals surface area contributed by atoms with Crippen LogP contribution in [0.2, 0.25) is 0 Å². The van der Waals surface area contributed by atoms with Crippen LogP contribution in [0.25, 0.3) is 22.3 Å². The first-order valence-electron chi connectivity index (χ1n) is 8.80. The Morgan fingerprint density at radius 2 is 1.56 bits per heavy atom. The van der Waals surface area contributed by atoms with Crippen LogP contribution in [0.15, 0.2) is 63.8 Å². The zero-order valence-electron chi connectivity index (χ0n) is 14.9. The van der Waals surface area contributed by atoms with Crippen molar-refractivity contribution < 1.29 is 23.7 Å². The van der Waals surface area contributed by atoms with Gasteiger partial charge in [-0.05, 0) is 36.4 Å². The van der Waals surface area contributed by atoms with Gasteiger partial charge in [-0.15, -0.1) is 0 Å². The number of hydrogen-bond donors (Lipinski definition) is 1. The van der Waals surface area contributed by atoms with Crippen LogP contribution in [0.1, 0.15) is 0 Å². The molecular formula is C21H22O6. The Morgan fingerprint density at radius 3 is 2.33 bits per heavy atom. The molecular weight excluding hydrogens is 348 g/mol. The molecule has 0 aliphatic carbocycles. The fourth-order valence-corrected chi connectivity index (χ4v) is 2.57. The second-order valence-electron chi connectivity index (χ2n) is 5.79. The highest BCUT2D eigenvalue weighted by Gasteiger charge is 2.06. The highest BCUT2D eigenvalue weighted by molar-refractivity contribution is 5.78. The first-order valence-corrected chi connectivity index (χ1v) is 8.80. The lowest BCUT2D eigenvalue weighted by Crippen LogP contribution is -2.11. The van der Waals surface area contributed by atoms with Gasteiger partial charge in [0.2, 0.25) is 0 Å². The van der Waals surface area contributed by atoms with E-state index in [1.807, 2.05) is 36.4 Å². The van der Waals surface area contributed by atoms with Crippen LogP contribution in [-0.4, -0.2) is 44.7 Å². The van der Waals surface area contributed by atoms with E-state index in [1.165, 1.54) is 6.07 Å². The van der Waals surface area contributed by atoms with Crippen molar-refractivity contribution in [3.05, 3.63) is 64.8 Å². The van der Waals surface area contributed by atoms with Crippen molar-refractivity contribution in [1.29, 1.82) is 0 Å². The van der Waals surface area contributed by atoms with E-state index in [2.05, 4.69) is 0 Å². The Labute approximate surface area is 156 Å². The molecule has 0 saturated heterocycles. The van der Waals surface area contributed by atoms with Gasteiger partial charge in [0.1, 0.15) is 23.7 Å². The fourth-order valence-electron chi connectivity index (χ4n) is 2.57. The number of fused-ring (bicyclic) bond motifs is 1. The van der Waals surface area contributed by atoms with Gasteiger partial charge in [-0.2, -0.15) is 0 Å². The standard InChI is InChI=1S/C21H22O6/c22-9-10-24-11-12-25-13-14-26-17-7-5-16(6-8-17)21-15-19(23)18-3-1-2-4-20(18)27-21/h1-8,15,22H,9-14H2. The molecule has 0 radical (unpaired) electrons. The summed E-state index contributed by atoms with van der Waals surface area (Å²) < 4.78 is 21.9. The summed E-state index contributed by atoms with van der Waals surface area (Å²) in [5.74, 6) is 1.23. The summed E-state index contributed by atoms with van der Waals surface area (Å²) in [6, 6.07) is 16.1. The van der Waals surface area contributed by atoms with Crippen LogP contribution in [-0.2, 0) is 9.47 Å². The average molecular weight is 370 g/mol. The number of hydrogen-bond acceptors (Lipinski definition) is 6. The monoisotopic (exact) mass is 370 g/mol. The van der Waals surface area contributed by atoms with Crippen molar-refractivity contribution in [2.45, 2.75) is 0 Å². The lowest BCUT2D eigenvalue weighted by atomic mass is 10.1. The maximum Gasteiger partial charge on any atom is 0.193 e. The molecule has 0 amide bonds. The van der Waals surface area contributed by atoms with Gasteiger partial charge in [0.15, 0.2) is 5.43 Å². The number of ether oxygens (including phenoxy) is 3. The largest absolute Gasteiger partial charge is 0.491 e. The van der Waals surface area contributed by atoms with Gasteiger partial charge in [0, 0.05) is 11.6 Å². The van der Waals surface area contributed by atoms with Gasteiger partial charge in [-0.3, -0.25) is 4.79 Å². The Kier molecular flexibility index (Phi) is 6.98. The van der Waals surface area contributed by atoms with E-state index < -0.39 is 0 Å². The summed E-state index contributed by atoms with van der Waals surface area (Å²) in [5.41, 5.74) is 1.32. The number of rotatable bonds is 10. The molecule has 0 aliphatic rings. The summed E-state index contributed by atoms with van der Waals surface area (Å²) in [7, 11) is 0. The summed E-state index contributed by atoms with van der Waals surface area (Å²) in [6.45, 7) is 2.12. The van der Waals surface area contributed by atoms with Crippen LogP contribution in [0.4, 0.5) is 0 Å². The van der Waals surface area contributed by atoms with Crippen LogP contribution in [0, 0.1) is 0 Å². The summed E-state index contributed by atoms with van der Waals surface area (Å²) in [6.07, 6.45) is 0. The third-order valence-electron chi connectivity index (χ3n) is 3.88. The van der Waals surface area contributed by atoms with Crippen molar-refractivity contribution in [3.63, 3.8) is 0 Å². The van der Waals surface area contributed by atoms with E-state index >= 15 is 0 Å². The number of para-hydroxylation sites is 1. The molecule has 0 fully saturated rings. The zero-order valence-corrected chi connectivity index (χ0v) is 14.9. The number of aliphatic hydroxyl groups is 1. The van der Waals surface area contributed by atoms with E-state index in [4.69, 9.17) is 23.7 Å². The van der Waals surface area contributed by atoms with Gasteiger partial charge in [0.05, 0.1) is 38.4 Å². The highest BCUT2D eigenvalue weighted by Crippen LogP contribution is 2.24. The minimum absolute atomic E-state index is 0.0156. The van der Waals surface area contributed by atoms with Gasteiger partial charge in [-0.1, -0.05) is 12.1 Å². The lowest BCUT2D eigenvalue weighted by molar-refractivity contribution is 0.0247. The smallest absolute Gasteiger partial charge is 0.193 e. The molecule has 1 N–H and O–H groups in total. The second kappa shape index (κ2) is 9.87. The predicted octanol–water partition coefficient (Wildman–Crippen LogP) is 2.86.